The number of nitrogens with one attached hydrogen (secondary N) is 2. The maximum Gasteiger partial charge on any atom is 0.251 e. The summed E-state index contributed by atoms with van der Waals surface area (Å²) >= 11 is 0. The SMILES string of the molecule is O=C(NCCC1CCCO1)c1ccc2c(c1)CNC2. The number of rotatable bonds is 4. The highest BCUT2D eigenvalue weighted by molar-refractivity contribution is 5.94. The zero-order valence-electron chi connectivity index (χ0n) is 11.1. The van der Waals surface area contributed by atoms with Crippen LogP contribution in [0.2, 0.25) is 0 Å². The maximum atomic E-state index is 12.0. The van der Waals surface area contributed by atoms with Crippen molar-refractivity contribution < 1.29 is 9.53 Å². The second-order valence-electron chi connectivity index (χ2n) is 5.27. The minimum absolute atomic E-state index is 0.0210. The summed E-state index contributed by atoms with van der Waals surface area (Å²) in [5.74, 6) is 0.0210. The lowest BCUT2D eigenvalue weighted by atomic mass is 10.1. The largest absolute Gasteiger partial charge is 0.378 e. The summed E-state index contributed by atoms with van der Waals surface area (Å²) in [5, 5.41) is 6.26. The van der Waals surface area contributed by atoms with E-state index in [1.165, 1.54) is 11.1 Å². The Bertz CT molecular complexity index is 467. The topological polar surface area (TPSA) is 50.4 Å². The molecule has 102 valence electrons. The number of hydrogen-bond acceptors (Lipinski definition) is 3. The van der Waals surface area contributed by atoms with Crippen molar-refractivity contribution in [1.82, 2.24) is 10.6 Å². The first kappa shape index (κ1) is 12.6. The molecule has 0 spiro atoms. The molecule has 0 aromatic heterocycles. The van der Waals surface area contributed by atoms with Gasteiger partial charge in [-0.25, -0.2) is 0 Å². The molecule has 2 aliphatic heterocycles. The van der Waals surface area contributed by atoms with Gasteiger partial charge in [-0.15, -0.1) is 0 Å². The molecule has 0 radical (unpaired) electrons. The molecule has 1 aromatic rings. The lowest BCUT2D eigenvalue weighted by Gasteiger charge is -2.10. The monoisotopic (exact) mass is 260 g/mol. The molecule has 4 nitrogen and oxygen atoms in total. The van der Waals surface area contributed by atoms with Crippen molar-refractivity contribution in [1.29, 1.82) is 0 Å². The highest BCUT2D eigenvalue weighted by Gasteiger charge is 2.16. The molecular formula is C15H20N2O2. The molecule has 1 atom stereocenters. The van der Waals surface area contributed by atoms with E-state index in [0.717, 1.165) is 44.5 Å². The van der Waals surface area contributed by atoms with E-state index in [2.05, 4.69) is 10.6 Å². The number of ether oxygens (including phenoxy) is 1. The van der Waals surface area contributed by atoms with Gasteiger partial charge in [-0.2, -0.15) is 0 Å². The number of carbonyl (C=O) groups is 1. The molecule has 1 fully saturated rings. The fourth-order valence-corrected chi connectivity index (χ4v) is 2.76. The minimum atomic E-state index is 0.0210. The van der Waals surface area contributed by atoms with Crippen molar-refractivity contribution in [3.8, 4) is 0 Å². The van der Waals surface area contributed by atoms with Gasteiger partial charge in [0.2, 0.25) is 0 Å². The van der Waals surface area contributed by atoms with Gasteiger partial charge >= 0.3 is 0 Å². The van der Waals surface area contributed by atoms with E-state index in [1.807, 2.05) is 18.2 Å². The molecule has 4 heteroatoms. The molecule has 0 saturated carbocycles. The Kier molecular flexibility index (Phi) is 3.80. The van der Waals surface area contributed by atoms with Crippen LogP contribution in [0.3, 0.4) is 0 Å². The van der Waals surface area contributed by atoms with Crippen LogP contribution in [0.5, 0.6) is 0 Å². The Morgan fingerprint density at radius 3 is 3.11 bits per heavy atom. The van der Waals surface area contributed by atoms with Crippen LogP contribution < -0.4 is 10.6 Å². The summed E-state index contributed by atoms with van der Waals surface area (Å²) in [5.41, 5.74) is 3.30. The van der Waals surface area contributed by atoms with Crippen molar-refractivity contribution in [3.05, 3.63) is 34.9 Å². The lowest BCUT2D eigenvalue weighted by molar-refractivity contribution is 0.0907. The third-order valence-electron chi connectivity index (χ3n) is 3.88. The smallest absolute Gasteiger partial charge is 0.251 e. The summed E-state index contributed by atoms with van der Waals surface area (Å²) in [4.78, 5) is 12.0. The van der Waals surface area contributed by atoms with Crippen LogP contribution in [0.1, 0.15) is 40.7 Å². The molecule has 2 heterocycles. The van der Waals surface area contributed by atoms with Crippen LogP contribution in [0, 0.1) is 0 Å². The Labute approximate surface area is 113 Å². The van der Waals surface area contributed by atoms with Crippen LogP contribution in [0.4, 0.5) is 0 Å². The molecule has 1 unspecified atom stereocenters. The molecule has 19 heavy (non-hydrogen) atoms. The molecule has 1 aromatic carbocycles. The molecule has 1 amide bonds. The number of fused-ring (bicyclic) bond motifs is 1. The van der Waals surface area contributed by atoms with Gasteiger partial charge in [0.1, 0.15) is 0 Å². The predicted molar refractivity (Wildman–Crippen MR) is 72.9 cm³/mol. The minimum Gasteiger partial charge on any atom is -0.378 e. The van der Waals surface area contributed by atoms with Gasteiger partial charge in [0.25, 0.3) is 5.91 Å². The molecule has 0 aliphatic carbocycles. The number of amides is 1. The summed E-state index contributed by atoms with van der Waals surface area (Å²) < 4.78 is 5.54. The van der Waals surface area contributed by atoms with Crippen LogP contribution in [-0.2, 0) is 17.8 Å². The van der Waals surface area contributed by atoms with Gasteiger partial charge in [-0.1, -0.05) is 6.07 Å². The molecule has 2 aliphatic rings. The Morgan fingerprint density at radius 1 is 1.37 bits per heavy atom. The number of carbonyl (C=O) groups excluding carboxylic acids is 1. The van der Waals surface area contributed by atoms with Crippen LogP contribution in [-0.4, -0.2) is 25.2 Å². The first-order valence-electron chi connectivity index (χ1n) is 7.05. The lowest BCUT2D eigenvalue weighted by Crippen LogP contribution is -2.27. The van der Waals surface area contributed by atoms with Gasteiger partial charge in [0, 0.05) is 31.8 Å². The van der Waals surface area contributed by atoms with Crippen LogP contribution >= 0.6 is 0 Å². The van der Waals surface area contributed by atoms with Gasteiger partial charge in [0.05, 0.1) is 6.10 Å². The molecule has 2 N–H and O–H groups in total. The number of hydrogen-bond donors (Lipinski definition) is 2. The second-order valence-corrected chi connectivity index (χ2v) is 5.27. The van der Waals surface area contributed by atoms with Crippen LogP contribution in [0.25, 0.3) is 0 Å². The van der Waals surface area contributed by atoms with Crippen molar-refractivity contribution in [2.24, 2.45) is 0 Å². The van der Waals surface area contributed by atoms with Gasteiger partial charge < -0.3 is 15.4 Å². The van der Waals surface area contributed by atoms with Crippen molar-refractivity contribution in [2.75, 3.05) is 13.2 Å². The highest BCUT2D eigenvalue weighted by Crippen LogP contribution is 2.17. The van der Waals surface area contributed by atoms with Crippen molar-refractivity contribution >= 4 is 5.91 Å². The van der Waals surface area contributed by atoms with E-state index in [-0.39, 0.29) is 5.91 Å². The normalized spacial score (nSPS) is 21.4. The maximum absolute atomic E-state index is 12.0. The van der Waals surface area contributed by atoms with E-state index >= 15 is 0 Å². The van der Waals surface area contributed by atoms with E-state index in [9.17, 15) is 4.79 Å². The quantitative estimate of drug-likeness (QED) is 0.864. The predicted octanol–water partition coefficient (Wildman–Crippen LogP) is 1.59. The zero-order chi connectivity index (χ0) is 13.1. The summed E-state index contributed by atoms with van der Waals surface area (Å²) in [6.07, 6.45) is 3.53. The van der Waals surface area contributed by atoms with Crippen LogP contribution in [0.15, 0.2) is 18.2 Å². The first-order valence-corrected chi connectivity index (χ1v) is 7.05. The second kappa shape index (κ2) is 5.72. The van der Waals surface area contributed by atoms with E-state index in [4.69, 9.17) is 4.74 Å². The molecule has 1 saturated heterocycles. The average Bonchev–Trinajstić information content (AvgIpc) is 3.08. The van der Waals surface area contributed by atoms with E-state index in [0.29, 0.717) is 12.6 Å². The highest BCUT2D eigenvalue weighted by atomic mass is 16.5. The van der Waals surface area contributed by atoms with E-state index in [1.54, 1.807) is 0 Å². The fraction of sp³-hybridized carbons (Fsp3) is 0.533. The Hall–Kier alpha value is -1.39. The number of benzene rings is 1. The standard InChI is InChI=1S/C15H20N2O2/c18-15(17-6-5-14-2-1-7-19-14)11-3-4-12-9-16-10-13(12)8-11/h3-4,8,14,16H,1-2,5-7,9-10H2,(H,17,18). The molecular weight excluding hydrogens is 240 g/mol. The third-order valence-corrected chi connectivity index (χ3v) is 3.88. The summed E-state index contributed by atoms with van der Waals surface area (Å²) in [6, 6.07) is 5.95. The van der Waals surface area contributed by atoms with E-state index < -0.39 is 0 Å². The first-order chi connectivity index (χ1) is 9.33. The summed E-state index contributed by atoms with van der Waals surface area (Å²) in [7, 11) is 0. The fourth-order valence-electron chi connectivity index (χ4n) is 2.76. The van der Waals surface area contributed by atoms with Gasteiger partial charge in [0.15, 0.2) is 0 Å². The molecule has 0 bridgehead atoms. The molecule has 3 rings (SSSR count). The zero-order valence-corrected chi connectivity index (χ0v) is 11.1. The van der Waals surface area contributed by atoms with Crippen molar-refractivity contribution in [2.45, 2.75) is 38.5 Å². The van der Waals surface area contributed by atoms with Gasteiger partial charge in [-0.05, 0) is 42.5 Å². The third kappa shape index (κ3) is 2.96. The van der Waals surface area contributed by atoms with Gasteiger partial charge in [-0.3, -0.25) is 4.79 Å². The van der Waals surface area contributed by atoms with Crippen molar-refractivity contribution in [3.63, 3.8) is 0 Å². The summed E-state index contributed by atoms with van der Waals surface area (Å²) in [6.45, 7) is 3.35. The average molecular weight is 260 g/mol. The Balaban J connectivity index is 1.52. The Morgan fingerprint density at radius 2 is 2.26 bits per heavy atom.